The Morgan fingerprint density at radius 2 is 1.69 bits per heavy atom. The zero-order valence-corrected chi connectivity index (χ0v) is 19.8. The Bertz CT molecular complexity index is 1580. The molecule has 0 saturated carbocycles. The van der Waals surface area contributed by atoms with Crippen molar-refractivity contribution in [3.8, 4) is 5.75 Å². The summed E-state index contributed by atoms with van der Waals surface area (Å²) in [6, 6.07) is 16.7. The van der Waals surface area contributed by atoms with Crippen LogP contribution in [0, 0.1) is 5.82 Å². The molecule has 3 amide bonds. The van der Waals surface area contributed by atoms with Gasteiger partial charge in [0.05, 0.1) is 16.9 Å². The van der Waals surface area contributed by atoms with Gasteiger partial charge in [-0.15, -0.1) is 13.2 Å². The lowest BCUT2D eigenvalue weighted by Gasteiger charge is -2.13. The molecule has 8 nitrogen and oxygen atoms in total. The molecule has 0 spiro atoms. The molecule has 0 bridgehead atoms. The quantitative estimate of drug-likeness (QED) is 0.136. The first kappa shape index (κ1) is 25.4. The van der Waals surface area contributed by atoms with E-state index in [9.17, 15) is 27.2 Å². The van der Waals surface area contributed by atoms with E-state index in [0.29, 0.717) is 22.6 Å². The van der Waals surface area contributed by atoms with Crippen molar-refractivity contribution < 1.29 is 31.9 Å². The first-order valence-corrected chi connectivity index (χ1v) is 11.4. The van der Waals surface area contributed by atoms with Gasteiger partial charge in [-0.25, -0.2) is 9.18 Å². The number of benzene rings is 3. The van der Waals surface area contributed by atoms with Crippen LogP contribution in [-0.4, -0.2) is 23.3 Å². The summed E-state index contributed by atoms with van der Waals surface area (Å²) in [4.78, 5) is 27.9. The molecule has 4 aromatic rings. The van der Waals surface area contributed by atoms with Crippen LogP contribution < -0.4 is 26.0 Å². The minimum Gasteiger partial charge on any atom is -0.406 e. The molecule has 3 aromatic carbocycles. The number of hydrogen-bond donors (Lipinski definition) is 5. The topological polar surface area (TPSA) is 107 Å². The maximum absolute atomic E-state index is 14.4. The Balaban J connectivity index is 1.27. The summed E-state index contributed by atoms with van der Waals surface area (Å²) in [7, 11) is 0. The highest BCUT2D eigenvalue weighted by Crippen LogP contribution is 2.36. The number of anilines is 5. The molecule has 0 atom stereocenters. The van der Waals surface area contributed by atoms with Crippen LogP contribution in [-0.2, 0) is 4.79 Å². The van der Waals surface area contributed by atoms with Gasteiger partial charge < -0.3 is 31.0 Å². The summed E-state index contributed by atoms with van der Waals surface area (Å²) in [5.74, 6) is -1.49. The number of H-pyrrole nitrogens is 1. The molecule has 0 fully saturated rings. The molecular formula is C27H19F4N5O3. The van der Waals surface area contributed by atoms with Gasteiger partial charge in [0.25, 0.3) is 5.91 Å². The SMILES string of the molecule is O=C(Nc1cccc(OC(F)(F)F)c1)Nc1cc(Nc2ccc3c(c2)NC(=O)/C3=C\c2ccc[nH]2)ccc1F. The number of fused-ring (bicyclic) bond motifs is 1. The van der Waals surface area contributed by atoms with Gasteiger partial charge in [-0.3, -0.25) is 4.79 Å². The van der Waals surface area contributed by atoms with Gasteiger partial charge in [0, 0.05) is 40.6 Å². The third-order valence-corrected chi connectivity index (χ3v) is 5.55. The van der Waals surface area contributed by atoms with E-state index in [1.807, 2.05) is 12.1 Å². The van der Waals surface area contributed by atoms with E-state index in [2.05, 4.69) is 31.0 Å². The number of halogens is 4. The van der Waals surface area contributed by atoms with Crippen LogP contribution in [0.1, 0.15) is 11.3 Å². The second-order valence-corrected chi connectivity index (χ2v) is 8.37. The zero-order valence-electron chi connectivity index (χ0n) is 19.8. The van der Waals surface area contributed by atoms with Crippen LogP contribution >= 0.6 is 0 Å². The van der Waals surface area contributed by atoms with E-state index in [-0.39, 0.29) is 17.3 Å². The lowest BCUT2D eigenvalue weighted by Crippen LogP contribution is -2.20. The summed E-state index contributed by atoms with van der Waals surface area (Å²) in [5, 5.41) is 10.6. The third kappa shape index (κ3) is 6.18. The van der Waals surface area contributed by atoms with Crippen LogP contribution in [0.2, 0.25) is 0 Å². The molecule has 0 unspecified atom stereocenters. The minimum absolute atomic E-state index is 0.00816. The Kier molecular flexibility index (Phi) is 6.67. The van der Waals surface area contributed by atoms with Crippen molar-refractivity contribution in [2.45, 2.75) is 6.36 Å². The number of nitrogens with one attached hydrogen (secondary N) is 5. The van der Waals surface area contributed by atoms with E-state index in [4.69, 9.17) is 0 Å². The standard InChI is InChI=1S/C27H19F4N5O3/c28-22-9-7-18(14-24(22)36-26(38)34-16-3-1-5-19(11-16)39-27(29,30)31)33-17-6-8-20-21(12-15-4-2-10-32-15)25(37)35-23(20)13-17/h1-14,32-33H,(H,35,37)(H2,34,36,38)/b21-12-. The summed E-state index contributed by atoms with van der Waals surface area (Å²) in [6.45, 7) is 0. The fraction of sp³-hybridized carbons (Fsp3) is 0.0370. The van der Waals surface area contributed by atoms with Crippen molar-refractivity contribution in [3.63, 3.8) is 0 Å². The van der Waals surface area contributed by atoms with E-state index in [1.165, 1.54) is 24.3 Å². The Hall–Kier alpha value is -5.26. The highest BCUT2D eigenvalue weighted by Gasteiger charge is 2.31. The molecule has 0 aliphatic carbocycles. The summed E-state index contributed by atoms with van der Waals surface area (Å²) < 4.78 is 55.6. The Morgan fingerprint density at radius 1 is 0.897 bits per heavy atom. The van der Waals surface area contributed by atoms with Crippen molar-refractivity contribution in [2.75, 3.05) is 21.3 Å². The predicted octanol–water partition coefficient (Wildman–Crippen LogP) is 6.93. The zero-order chi connectivity index (χ0) is 27.6. The molecule has 198 valence electrons. The van der Waals surface area contributed by atoms with Gasteiger partial charge in [0.1, 0.15) is 11.6 Å². The van der Waals surface area contributed by atoms with Gasteiger partial charge in [-0.1, -0.05) is 12.1 Å². The molecule has 5 rings (SSSR count). The first-order valence-electron chi connectivity index (χ1n) is 11.4. The fourth-order valence-electron chi connectivity index (χ4n) is 3.93. The largest absolute Gasteiger partial charge is 0.573 e. The van der Waals surface area contributed by atoms with Crippen molar-refractivity contribution in [2.24, 2.45) is 0 Å². The molecule has 12 heteroatoms. The average molecular weight is 537 g/mol. The number of aromatic nitrogens is 1. The Morgan fingerprint density at radius 3 is 2.46 bits per heavy atom. The summed E-state index contributed by atoms with van der Waals surface area (Å²) in [6.07, 6.45) is -1.38. The van der Waals surface area contributed by atoms with Crippen LogP contribution in [0.5, 0.6) is 5.75 Å². The van der Waals surface area contributed by atoms with Gasteiger partial charge in [-0.2, -0.15) is 0 Å². The van der Waals surface area contributed by atoms with Crippen molar-refractivity contribution in [1.82, 2.24) is 4.98 Å². The van der Waals surface area contributed by atoms with Gasteiger partial charge in [-0.05, 0) is 60.7 Å². The molecule has 1 aliphatic heterocycles. The Labute approximate surface area is 218 Å². The van der Waals surface area contributed by atoms with Crippen molar-refractivity contribution in [1.29, 1.82) is 0 Å². The van der Waals surface area contributed by atoms with E-state index in [1.54, 1.807) is 30.5 Å². The number of aromatic amines is 1. The normalized spacial score (nSPS) is 13.5. The maximum atomic E-state index is 14.4. The number of carbonyl (C=O) groups excluding carboxylic acids is 2. The number of alkyl halides is 3. The van der Waals surface area contributed by atoms with Crippen LogP contribution in [0.4, 0.5) is 50.8 Å². The molecule has 5 N–H and O–H groups in total. The molecule has 0 radical (unpaired) electrons. The van der Waals surface area contributed by atoms with Gasteiger partial charge >= 0.3 is 12.4 Å². The minimum atomic E-state index is -4.89. The molecule has 39 heavy (non-hydrogen) atoms. The number of hydrogen-bond acceptors (Lipinski definition) is 4. The summed E-state index contributed by atoms with van der Waals surface area (Å²) >= 11 is 0. The third-order valence-electron chi connectivity index (χ3n) is 5.55. The van der Waals surface area contributed by atoms with E-state index in [0.717, 1.165) is 29.5 Å². The molecule has 1 aliphatic rings. The highest BCUT2D eigenvalue weighted by molar-refractivity contribution is 6.35. The molecule has 1 aromatic heterocycles. The van der Waals surface area contributed by atoms with E-state index >= 15 is 0 Å². The van der Waals surface area contributed by atoms with Crippen LogP contribution in [0.15, 0.2) is 79.0 Å². The smallest absolute Gasteiger partial charge is 0.406 e. The van der Waals surface area contributed by atoms with Crippen molar-refractivity contribution in [3.05, 3.63) is 96.1 Å². The maximum Gasteiger partial charge on any atom is 0.573 e. The molecule has 2 heterocycles. The number of carbonyl (C=O) groups is 2. The average Bonchev–Trinajstić information content (AvgIpc) is 3.48. The summed E-state index contributed by atoms with van der Waals surface area (Å²) in [5.41, 5.74) is 3.47. The molecular weight excluding hydrogens is 518 g/mol. The number of amides is 3. The van der Waals surface area contributed by atoms with Crippen LogP contribution in [0.25, 0.3) is 11.6 Å². The number of rotatable bonds is 6. The van der Waals surface area contributed by atoms with Gasteiger partial charge in [0.2, 0.25) is 0 Å². The monoisotopic (exact) mass is 537 g/mol. The number of ether oxygens (including phenoxy) is 1. The highest BCUT2D eigenvalue weighted by atomic mass is 19.4. The van der Waals surface area contributed by atoms with Crippen LogP contribution in [0.3, 0.4) is 0 Å². The predicted molar refractivity (Wildman–Crippen MR) is 139 cm³/mol. The lowest BCUT2D eigenvalue weighted by molar-refractivity contribution is -0.274. The van der Waals surface area contributed by atoms with E-state index < -0.39 is 24.0 Å². The second-order valence-electron chi connectivity index (χ2n) is 8.37. The second kappa shape index (κ2) is 10.2. The first-order chi connectivity index (χ1) is 18.6. The van der Waals surface area contributed by atoms with Gasteiger partial charge in [0.15, 0.2) is 0 Å². The number of urea groups is 1. The lowest BCUT2D eigenvalue weighted by atomic mass is 10.1. The fourth-order valence-corrected chi connectivity index (χ4v) is 3.93. The van der Waals surface area contributed by atoms with Crippen molar-refractivity contribution >= 4 is 52.0 Å². The molecule has 0 saturated heterocycles.